The molecule has 28 heavy (non-hydrogen) atoms. The fourth-order valence-corrected chi connectivity index (χ4v) is 2.53. The lowest BCUT2D eigenvalue weighted by Gasteiger charge is -2.12. The lowest BCUT2D eigenvalue weighted by molar-refractivity contribution is -0.141. The van der Waals surface area contributed by atoms with Gasteiger partial charge in [-0.1, -0.05) is 0 Å². The second-order valence-corrected chi connectivity index (χ2v) is 6.85. The summed E-state index contributed by atoms with van der Waals surface area (Å²) in [7, 11) is 0. The van der Waals surface area contributed by atoms with E-state index in [2.05, 4.69) is 26.3 Å². The number of benzene rings is 1. The highest BCUT2D eigenvalue weighted by molar-refractivity contribution is 5.59. The second-order valence-electron chi connectivity index (χ2n) is 6.85. The van der Waals surface area contributed by atoms with E-state index in [0.717, 1.165) is 23.5 Å². The van der Waals surface area contributed by atoms with E-state index in [1.807, 2.05) is 13.0 Å². The number of nitrogens with one attached hydrogen (secondary N) is 1. The first-order chi connectivity index (χ1) is 13.1. The lowest BCUT2D eigenvalue weighted by Crippen LogP contribution is -2.14. The number of imidazole rings is 1. The molecule has 9 heteroatoms. The van der Waals surface area contributed by atoms with E-state index in [9.17, 15) is 18.4 Å². The number of halogens is 3. The maximum Gasteiger partial charge on any atom is 0.433 e. The van der Waals surface area contributed by atoms with Crippen LogP contribution < -0.4 is 5.32 Å². The first-order valence-electron chi connectivity index (χ1n) is 8.33. The number of anilines is 2. The Bertz CT molecular complexity index is 1050. The van der Waals surface area contributed by atoms with Crippen molar-refractivity contribution in [2.24, 2.45) is 0 Å². The molecule has 3 rings (SSSR count). The molecule has 0 bridgehead atoms. The van der Waals surface area contributed by atoms with E-state index in [0.29, 0.717) is 11.4 Å². The van der Waals surface area contributed by atoms with Crippen LogP contribution in [0.25, 0.3) is 5.69 Å². The minimum absolute atomic E-state index is 0.150. The van der Waals surface area contributed by atoms with Gasteiger partial charge in [-0.3, -0.25) is 0 Å². The number of nitriles is 1. The lowest BCUT2D eigenvalue weighted by atomic mass is 9.92. The summed E-state index contributed by atoms with van der Waals surface area (Å²) >= 11 is 0. The van der Waals surface area contributed by atoms with Gasteiger partial charge >= 0.3 is 6.18 Å². The molecule has 0 saturated heterocycles. The highest BCUT2D eigenvalue weighted by Gasteiger charge is 2.32. The van der Waals surface area contributed by atoms with Crippen LogP contribution in [-0.4, -0.2) is 19.5 Å². The third-order valence-corrected chi connectivity index (χ3v) is 4.06. The molecule has 0 radical (unpaired) electrons. The number of hydrogen-bond acceptors (Lipinski definition) is 5. The van der Waals surface area contributed by atoms with Gasteiger partial charge in [0.05, 0.1) is 23.5 Å². The highest BCUT2D eigenvalue weighted by Crippen LogP contribution is 2.28. The van der Waals surface area contributed by atoms with Gasteiger partial charge < -0.3 is 9.88 Å². The number of hydrogen-bond donors (Lipinski definition) is 1. The monoisotopic (exact) mass is 386 g/mol. The molecule has 6 nitrogen and oxygen atoms in total. The van der Waals surface area contributed by atoms with E-state index in [4.69, 9.17) is 0 Å². The van der Waals surface area contributed by atoms with Crippen LogP contribution in [0.2, 0.25) is 0 Å². The average Bonchev–Trinajstić information content (AvgIpc) is 3.12. The topological polar surface area (TPSA) is 79.4 Å². The third kappa shape index (κ3) is 4.11. The zero-order valence-corrected chi connectivity index (χ0v) is 15.4. The second kappa shape index (κ2) is 6.96. The number of rotatable bonds is 4. The summed E-state index contributed by atoms with van der Waals surface area (Å²) in [4.78, 5) is 11.7. The molecular weight excluding hydrogens is 369 g/mol. The van der Waals surface area contributed by atoms with Crippen LogP contribution in [0, 0.1) is 18.3 Å². The van der Waals surface area contributed by atoms with Crippen LogP contribution in [0.4, 0.5) is 24.8 Å². The Balaban J connectivity index is 1.92. The summed E-state index contributed by atoms with van der Waals surface area (Å²) < 4.78 is 40.2. The Labute approximate surface area is 159 Å². The van der Waals surface area contributed by atoms with Gasteiger partial charge in [-0.25, -0.2) is 15.0 Å². The Morgan fingerprint density at radius 1 is 1.11 bits per heavy atom. The molecule has 0 spiro atoms. The molecule has 0 aliphatic heterocycles. The molecule has 0 unspecified atom stereocenters. The standard InChI is InChI=1S/C19H17F3N6/c1-12-6-13(26-17-24-5-4-15(27-17)19(20,21)22)8-14(7-12)28-9-16(25-11-28)18(2,3)10-23/h4-9,11H,1-3H3,(H,24,26,27). The molecule has 0 saturated carbocycles. The van der Waals surface area contributed by atoms with Gasteiger partial charge in [0.15, 0.2) is 0 Å². The highest BCUT2D eigenvalue weighted by atomic mass is 19.4. The van der Waals surface area contributed by atoms with E-state index < -0.39 is 17.3 Å². The first kappa shape index (κ1) is 19.4. The summed E-state index contributed by atoms with van der Waals surface area (Å²) in [5.74, 6) is -0.150. The maximum absolute atomic E-state index is 12.8. The molecule has 0 amide bonds. The Hall–Kier alpha value is -3.41. The van der Waals surface area contributed by atoms with Crippen molar-refractivity contribution < 1.29 is 13.2 Å². The van der Waals surface area contributed by atoms with Crippen molar-refractivity contribution in [3.05, 3.63) is 59.9 Å². The summed E-state index contributed by atoms with van der Waals surface area (Å²) in [6, 6.07) is 8.41. The Kier molecular flexibility index (Phi) is 4.81. The van der Waals surface area contributed by atoms with Gasteiger partial charge in [-0.2, -0.15) is 18.4 Å². The average molecular weight is 386 g/mol. The van der Waals surface area contributed by atoms with Gasteiger partial charge in [-0.05, 0) is 50.6 Å². The van der Waals surface area contributed by atoms with E-state index in [1.54, 1.807) is 43.1 Å². The van der Waals surface area contributed by atoms with Gasteiger partial charge in [0.1, 0.15) is 5.69 Å². The minimum Gasteiger partial charge on any atom is -0.324 e. The van der Waals surface area contributed by atoms with Crippen LogP contribution in [-0.2, 0) is 11.6 Å². The molecule has 144 valence electrons. The molecule has 1 aromatic carbocycles. The van der Waals surface area contributed by atoms with Gasteiger partial charge in [0.2, 0.25) is 5.95 Å². The van der Waals surface area contributed by atoms with Gasteiger partial charge in [0.25, 0.3) is 0 Å². The van der Waals surface area contributed by atoms with Crippen molar-refractivity contribution in [1.82, 2.24) is 19.5 Å². The predicted molar refractivity (Wildman–Crippen MR) is 97.3 cm³/mol. The maximum atomic E-state index is 12.8. The van der Waals surface area contributed by atoms with Crippen molar-refractivity contribution in [2.75, 3.05) is 5.32 Å². The molecule has 0 atom stereocenters. The third-order valence-electron chi connectivity index (χ3n) is 4.06. The fraction of sp³-hybridized carbons (Fsp3) is 0.263. The molecule has 1 N–H and O–H groups in total. The van der Waals surface area contributed by atoms with Crippen molar-refractivity contribution in [3.8, 4) is 11.8 Å². The van der Waals surface area contributed by atoms with E-state index in [-0.39, 0.29) is 5.95 Å². The van der Waals surface area contributed by atoms with Crippen LogP contribution in [0.15, 0.2) is 43.0 Å². The summed E-state index contributed by atoms with van der Waals surface area (Å²) in [6.45, 7) is 5.40. The Morgan fingerprint density at radius 3 is 2.54 bits per heavy atom. The first-order valence-corrected chi connectivity index (χ1v) is 8.33. The predicted octanol–water partition coefficient (Wildman–Crippen LogP) is 4.53. The summed E-state index contributed by atoms with van der Waals surface area (Å²) in [5.41, 5.74) is 1.01. The van der Waals surface area contributed by atoms with E-state index >= 15 is 0 Å². The van der Waals surface area contributed by atoms with Crippen LogP contribution in [0.5, 0.6) is 0 Å². The van der Waals surface area contributed by atoms with Crippen molar-refractivity contribution in [2.45, 2.75) is 32.4 Å². The molecule has 0 fully saturated rings. The number of aryl methyl sites for hydroxylation is 1. The van der Waals surface area contributed by atoms with Crippen LogP contribution in [0.3, 0.4) is 0 Å². The zero-order chi connectivity index (χ0) is 20.5. The molecule has 2 aromatic heterocycles. The van der Waals surface area contributed by atoms with Crippen LogP contribution in [0.1, 0.15) is 30.8 Å². The zero-order valence-electron chi connectivity index (χ0n) is 15.4. The van der Waals surface area contributed by atoms with Gasteiger partial charge in [0, 0.05) is 23.8 Å². The molecule has 0 aliphatic rings. The number of aromatic nitrogens is 4. The van der Waals surface area contributed by atoms with Crippen molar-refractivity contribution in [1.29, 1.82) is 5.26 Å². The summed E-state index contributed by atoms with van der Waals surface area (Å²) in [6.07, 6.45) is -0.144. The largest absolute Gasteiger partial charge is 0.433 e. The minimum atomic E-state index is -4.54. The normalized spacial score (nSPS) is 11.9. The number of alkyl halides is 3. The van der Waals surface area contributed by atoms with Gasteiger partial charge in [-0.15, -0.1) is 0 Å². The van der Waals surface area contributed by atoms with Crippen molar-refractivity contribution >= 4 is 11.6 Å². The number of nitrogens with zero attached hydrogens (tertiary/aromatic N) is 5. The molecular formula is C19H17F3N6. The molecule has 2 heterocycles. The summed E-state index contributed by atoms with van der Waals surface area (Å²) in [5, 5.41) is 12.1. The van der Waals surface area contributed by atoms with E-state index in [1.165, 1.54) is 0 Å². The van der Waals surface area contributed by atoms with Crippen molar-refractivity contribution in [3.63, 3.8) is 0 Å². The SMILES string of the molecule is Cc1cc(Nc2nccc(C(F)(F)F)n2)cc(-n2cnc(C(C)(C)C#N)c2)c1. The van der Waals surface area contributed by atoms with Crippen LogP contribution >= 0.6 is 0 Å². The molecule has 0 aliphatic carbocycles. The fourth-order valence-electron chi connectivity index (χ4n) is 2.53. The smallest absolute Gasteiger partial charge is 0.324 e. The molecule has 3 aromatic rings. The Morgan fingerprint density at radius 2 is 1.86 bits per heavy atom. The quantitative estimate of drug-likeness (QED) is 0.712.